The van der Waals surface area contributed by atoms with Crippen LogP contribution in [0.1, 0.15) is 42.1 Å². The molecule has 0 bridgehead atoms. The molecule has 0 saturated heterocycles. The maximum Gasteiger partial charge on any atom is 0.416 e. The number of nitrogens with one attached hydrogen (secondary N) is 2. The minimum absolute atomic E-state index is 0.0303. The molecule has 1 aliphatic rings. The molecular formula is C25H25ClF4N4O. The van der Waals surface area contributed by atoms with Gasteiger partial charge in [0.05, 0.1) is 28.0 Å². The highest BCUT2D eigenvalue weighted by molar-refractivity contribution is 6.33. The van der Waals surface area contributed by atoms with E-state index >= 15 is 0 Å². The maximum atomic E-state index is 14.6. The predicted molar refractivity (Wildman–Crippen MR) is 126 cm³/mol. The number of hydrogen-bond acceptors (Lipinski definition) is 3. The smallest absolute Gasteiger partial charge is 0.349 e. The summed E-state index contributed by atoms with van der Waals surface area (Å²) in [6.07, 6.45) is -0.920. The van der Waals surface area contributed by atoms with Crippen LogP contribution in [0.15, 0.2) is 54.7 Å². The van der Waals surface area contributed by atoms with Crippen molar-refractivity contribution >= 4 is 29.0 Å². The summed E-state index contributed by atoms with van der Waals surface area (Å²) in [7, 11) is 0. The molecule has 3 unspecified atom stereocenters. The largest absolute Gasteiger partial charge is 0.416 e. The van der Waals surface area contributed by atoms with Crippen molar-refractivity contribution in [1.82, 2.24) is 15.5 Å². The summed E-state index contributed by atoms with van der Waals surface area (Å²) in [6, 6.07) is 10.8. The molecule has 4 rings (SSSR count). The van der Waals surface area contributed by atoms with Crippen molar-refractivity contribution in [1.29, 1.82) is 0 Å². The fraction of sp³-hybridized carbons (Fsp3) is 0.360. The van der Waals surface area contributed by atoms with Gasteiger partial charge in [-0.15, -0.1) is 0 Å². The lowest BCUT2D eigenvalue weighted by Gasteiger charge is -2.38. The van der Waals surface area contributed by atoms with Crippen LogP contribution in [0.25, 0.3) is 0 Å². The number of halogens is 5. The van der Waals surface area contributed by atoms with Crippen LogP contribution >= 0.6 is 11.6 Å². The maximum absolute atomic E-state index is 14.6. The van der Waals surface area contributed by atoms with Gasteiger partial charge in [-0.05, 0) is 61.4 Å². The van der Waals surface area contributed by atoms with E-state index in [1.165, 1.54) is 6.07 Å². The predicted octanol–water partition coefficient (Wildman–Crippen LogP) is 6.59. The van der Waals surface area contributed by atoms with Gasteiger partial charge in [0.1, 0.15) is 11.6 Å². The number of para-hydroxylation sites is 1. The number of benzene rings is 2. The minimum Gasteiger partial charge on any atom is -0.349 e. The third kappa shape index (κ3) is 5.78. The Bertz CT molecular complexity index is 1170. The third-order valence-electron chi connectivity index (χ3n) is 6.56. The van der Waals surface area contributed by atoms with E-state index in [0.29, 0.717) is 30.9 Å². The molecule has 186 valence electrons. The van der Waals surface area contributed by atoms with E-state index in [4.69, 9.17) is 11.6 Å². The number of amides is 1. The van der Waals surface area contributed by atoms with Gasteiger partial charge in [-0.2, -0.15) is 18.3 Å². The van der Waals surface area contributed by atoms with Crippen molar-refractivity contribution in [3.8, 4) is 0 Å². The van der Waals surface area contributed by atoms with E-state index in [0.717, 1.165) is 24.6 Å². The average Bonchev–Trinajstić information content (AvgIpc) is 3.33. The Morgan fingerprint density at radius 3 is 2.63 bits per heavy atom. The molecule has 5 nitrogen and oxygen atoms in total. The van der Waals surface area contributed by atoms with Crippen molar-refractivity contribution in [3.63, 3.8) is 0 Å². The lowest BCUT2D eigenvalue weighted by atomic mass is 9.77. The molecule has 0 radical (unpaired) electrons. The topological polar surface area (TPSA) is 61.0 Å². The number of anilines is 2. The Morgan fingerprint density at radius 2 is 1.97 bits per heavy atom. The Kier molecular flexibility index (Phi) is 7.35. The highest BCUT2D eigenvalue weighted by Gasteiger charge is 2.33. The van der Waals surface area contributed by atoms with E-state index in [9.17, 15) is 22.4 Å². The minimum atomic E-state index is -4.56. The molecule has 3 aromatic rings. The summed E-state index contributed by atoms with van der Waals surface area (Å²) in [4.78, 5) is 14.6. The Morgan fingerprint density at radius 1 is 1.20 bits per heavy atom. The molecule has 35 heavy (non-hydrogen) atoms. The fourth-order valence-electron chi connectivity index (χ4n) is 4.63. The first kappa shape index (κ1) is 25.0. The highest BCUT2D eigenvalue weighted by Crippen LogP contribution is 2.36. The SMILES string of the molecule is CC1CC(NC(=O)c2cc(C(F)(F)F)ccc2Cl)CCC1CN(c1ccn[nH]1)c1ccccc1F. The van der Waals surface area contributed by atoms with Crippen molar-refractivity contribution in [3.05, 3.63) is 76.7 Å². The summed E-state index contributed by atoms with van der Waals surface area (Å²) in [5.41, 5.74) is -0.670. The number of carbonyl (C=O) groups excluding carboxylic acids is 1. The third-order valence-corrected chi connectivity index (χ3v) is 6.89. The lowest BCUT2D eigenvalue weighted by molar-refractivity contribution is -0.137. The second-order valence-electron chi connectivity index (χ2n) is 8.92. The molecule has 1 aliphatic carbocycles. The molecule has 2 aromatic carbocycles. The lowest BCUT2D eigenvalue weighted by Crippen LogP contribution is -2.42. The van der Waals surface area contributed by atoms with E-state index in [2.05, 4.69) is 22.4 Å². The van der Waals surface area contributed by atoms with Gasteiger partial charge in [0.25, 0.3) is 5.91 Å². The van der Waals surface area contributed by atoms with Crippen LogP contribution in [-0.2, 0) is 6.18 Å². The van der Waals surface area contributed by atoms with E-state index in [-0.39, 0.29) is 34.3 Å². The normalized spacial score (nSPS) is 20.5. The summed E-state index contributed by atoms with van der Waals surface area (Å²) in [6.45, 7) is 2.61. The number of carbonyl (C=O) groups is 1. The molecule has 1 fully saturated rings. The van der Waals surface area contributed by atoms with Gasteiger partial charge in [-0.1, -0.05) is 30.7 Å². The van der Waals surface area contributed by atoms with Gasteiger partial charge in [-0.3, -0.25) is 9.89 Å². The molecule has 0 aliphatic heterocycles. The Hall–Kier alpha value is -3.07. The summed E-state index contributed by atoms with van der Waals surface area (Å²) >= 11 is 6.02. The monoisotopic (exact) mass is 508 g/mol. The van der Waals surface area contributed by atoms with Crippen LogP contribution in [0.3, 0.4) is 0 Å². The van der Waals surface area contributed by atoms with E-state index in [1.54, 1.807) is 30.5 Å². The molecular weight excluding hydrogens is 484 g/mol. The summed E-state index contributed by atoms with van der Waals surface area (Å²) in [5, 5.41) is 9.71. The van der Waals surface area contributed by atoms with E-state index in [1.807, 2.05) is 4.90 Å². The fourth-order valence-corrected chi connectivity index (χ4v) is 4.83. The molecule has 10 heteroatoms. The van der Waals surface area contributed by atoms with Crippen molar-refractivity contribution < 1.29 is 22.4 Å². The second-order valence-corrected chi connectivity index (χ2v) is 9.32. The zero-order chi connectivity index (χ0) is 25.2. The van der Waals surface area contributed by atoms with Crippen molar-refractivity contribution in [2.75, 3.05) is 11.4 Å². The number of H-pyrrole nitrogens is 1. The Balaban J connectivity index is 1.43. The number of alkyl halides is 3. The second kappa shape index (κ2) is 10.3. The number of aromatic nitrogens is 2. The van der Waals surface area contributed by atoms with Crippen LogP contribution in [-0.4, -0.2) is 28.7 Å². The van der Waals surface area contributed by atoms with Crippen LogP contribution in [0.4, 0.5) is 29.1 Å². The summed E-state index contributed by atoms with van der Waals surface area (Å²) < 4.78 is 53.8. The van der Waals surface area contributed by atoms with Crippen LogP contribution in [0.2, 0.25) is 5.02 Å². The number of nitrogens with zero attached hydrogens (tertiary/aromatic N) is 2. The Labute approximate surface area is 205 Å². The first-order valence-corrected chi connectivity index (χ1v) is 11.7. The van der Waals surface area contributed by atoms with Gasteiger partial charge in [0.2, 0.25) is 0 Å². The molecule has 2 N–H and O–H groups in total. The van der Waals surface area contributed by atoms with Gasteiger partial charge in [0, 0.05) is 18.7 Å². The molecule has 3 atom stereocenters. The standard InChI is InChI=1S/C25H25ClF4N4O/c1-15-12-18(32-24(35)19-13-17(25(28,29)30)7-9-20(19)26)8-6-16(15)14-34(23-10-11-31-33-23)22-5-3-2-4-21(22)27/h2-5,7,9-11,13,15-16,18H,6,8,12,14H2,1H3,(H,31,33)(H,32,35). The molecule has 1 aromatic heterocycles. The number of aromatic amines is 1. The van der Waals surface area contributed by atoms with E-state index < -0.39 is 17.6 Å². The molecule has 1 saturated carbocycles. The molecule has 1 heterocycles. The summed E-state index contributed by atoms with van der Waals surface area (Å²) in [5.74, 6) is 0.0826. The van der Waals surface area contributed by atoms with Gasteiger partial charge in [0.15, 0.2) is 0 Å². The number of rotatable bonds is 6. The van der Waals surface area contributed by atoms with Gasteiger partial charge in [-0.25, -0.2) is 4.39 Å². The zero-order valence-electron chi connectivity index (χ0n) is 18.9. The van der Waals surface area contributed by atoms with Crippen LogP contribution in [0.5, 0.6) is 0 Å². The molecule has 0 spiro atoms. The van der Waals surface area contributed by atoms with Crippen LogP contribution < -0.4 is 10.2 Å². The zero-order valence-corrected chi connectivity index (χ0v) is 19.7. The van der Waals surface area contributed by atoms with Crippen LogP contribution in [0, 0.1) is 17.7 Å². The van der Waals surface area contributed by atoms with Crippen molar-refractivity contribution in [2.24, 2.45) is 11.8 Å². The average molecular weight is 509 g/mol. The first-order chi connectivity index (χ1) is 16.6. The highest BCUT2D eigenvalue weighted by atomic mass is 35.5. The number of hydrogen-bond donors (Lipinski definition) is 2. The van der Waals surface area contributed by atoms with Gasteiger partial charge < -0.3 is 10.2 Å². The molecule has 1 amide bonds. The first-order valence-electron chi connectivity index (χ1n) is 11.3. The quantitative estimate of drug-likeness (QED) is 0.369. The van der Waals surface area contributed by atoms with Crippen molar-refractivity contribution in [2.45, 2.75) is 38.4 Å². The van der Waals surface area contributed by atoms with Gasteiger partial charge >= 0.3 is 6.18 Å².